The number of Topliss-reactive ketones (excluding diaryl/α,β-unsaturated/α-hetero) is 1. The zero-order valence-corrected chi connectivity index (χ0v) is 12.1. The normalized spacial score (nSPS) is 20.4. The molecular formula is C17H21NO2. The second-order valence-corrected chi connectivity index (χ2v) is 5.70. The van der Waals surface area contributed by atoms with E-state index in [1.807, 2.05) is 24.3 Å². The van der Waals surface area contributed by atoms with Gasteiger partial charge >= 0.3 is 0 Å². The van der Waals surface area contributed by atoms with Gasteiger partial charge in [-0.05, 0) is 29.9 Å². The van der Waals surface area contributed by atoms with Crippen LogP contribution in [0.1, 0.15) is 49.7 Å². The standard InChI is InChI=1S/C17H21NO2/c1-12(2)13-5-7-14(8-6-13)16(10-18)17(19)15-4-3-9-20-11-15/h5-8,12,15-16H,3-4,9,11H2,1-2H3. The van der Waals surface area contributed by atoms with Gasteiger partial charge in [-0.2, -0.15) is 5.26 Å². The number of nitrogens with zero attached hydrogens (tertiary/aromatic N) is 1. The molecule has 0 radical (unpaired) electrons. The Hall–Kier alpha value is -1.66. The molecule has 2 atom stereocenters. The molecule has 1 aromatic carbocycles. The van der Waals surface area contributed by atoms with Gasteiger partial charge in [0.15, 0.2) is 5.78 Å². The van der Waals surface area contributed by atoms with E-state index in [9.17, 15) is 10.1 Å². The lowest BCUT2D eigenvalue weighted by Crippen LogP contribution is -2.29. The Morgan fingerprint density at radius 2 is 1.95 bits per heavy atom. The number of hydrogen-bond acceptors (Lipinski definition) is 3. The molecular weight excluding hydrogens is 250 g/mol. The van der Waals surface area contributed by atoms with Crippen molar-refractivity contribution < 1.29 is 9.53 Å². The van der Waals surface area contributed by atoms with E-state index in [1.165, 1.54) is 5.56 Å². The number of rotatable bonds is 4. The molecule has 0 aromatic heterocycles. The lowest BCUT2D eigenvalue weighted by atomic mass is 9.85. The SMILES string of the molecule is CC(C)c1ccc(C(C#N)C(=O)C2CCCOC2)cc1. The highest BCUT2D eigenvalue weighted by atomic mass is 16.5. The van der Waals surface area contributed by atoms with E-state index in [2.05, 4.69) is 19.9 Å². The first-order valence-corrected chi connectivity index (χ1v) is 7.24. The number of nitriles is 1. The average molecular weight is 271 g/mol. The molecule has 106 valence electrons. The average Bonchev–Trinajstić information content (AvgIpc) is 2.49. The second-order valence-electron chi connectivity index (χ2n) is 5.70. The quantitative estimate of drug-likeness (QED) is 0.843. The van der Waals surface area contributed by atoms with E-state index in [0.717, 1.165) is 25.0 Å². The van der Waals surface area contributed by atoms with Gasteiger partial charge in [0.2, 0.25) is 0 Å². The van der Waals surface area contributed by atoms with E-state index in [-0.39, 0.29) is 11.7 Å². The van der Waals surface area contributed by atoms with Crippen molar-refractivity contribution in [1.29, 1.82) is 5.26 Å². The number of ketones is 1. The Morgan fingerprint density at radius 1 is 1.30 bits per heavy atom. The van der Waals surface area contributed by atoms with Gasteiger partial charge in [0, 0.05) is 12.5 Å². The number of carbonyl (C=O) groups is 1. The van der Waals surface area contributed by atoms with Crippen LogP contribution in [0, 0.1) is 17.2 Å². The zero-order valence-electron chi connectivity index (χ0n) is 12.1. The predicted molar refractivity (Wildman–Crippen MR) is 77.4 cm³/mol. The monoisotopic (exact) mass is 271 g/mol. The topological polar surface area (TPSA) is 50.1 Å². The van der Waals surface area contributed by atoms with Gasteiger partial charge in [-0.25, -0.2) is 0 Å². The summed E-state index contributed by atoms with van der Waals surface area (Å²) < 4.78 is 5.35. The molecule has 2 rings (SSSR count). The van der Waals surface area contributed by atoms with E-state index in [4.69, 9.17) is 4.74 Å². The highest BCUT2D eigenvalue weighted by molar-refractivity contribution is 5.90. The number of benzene rings is 1. The number of ether oxygens (including phenoxy) is 1. The first kappa shape index (κ1) is 14.7. The van der Waals surface area contributed by atoms with Crippen LogP contribution in [0.25, 0.3) is 0 Å². The summed E-state index contributed by atoms with van der Waals surface area (Å²) in [5, 5.41) is 9.35. The first-order valence-electron chi connectivity index (χ1n) is 7.24. The zero-order chi connectivity index (χ0) is 14.5. The lowest BCUT2D eigenvalue weighted by molar-refractivity contribution is -0.127. The van der Waals surface area contributed by atoms with Gasteiger partial charge in [-0.15, -0.1) is 0 Å². The molecule has 2 unspecified atom stereocenters. The largest absolute Gasteiger partial charge is 0.381 e. The van der Waals surface area contributed by atoms with Gasteiger partial charge < -0.3 is 4.74 Å². The van der Waals surface area contributed by atoms with Crippen molar-refractivity contribution in [2.75, 3.05) is 13.2 Å². The molecule has 0 aliphatic carbocycles. The summed E-state index contributed by atoms with van der Waals surface area (Å²) in [5.74, 6) is -0.336. The van der Waals surface area contributed by atoms with E-state index < -0.39 is 5.92 Å². The fraction of sp³-hybridized carbons (Fsp3) is 0.529. The third-order valence-corrected chi connectivity index (χ3v) is 3.91. The summed E-state index contributed by atoms with van der Waals surface area (Å²) in [7, 11) is 0. The van der Waals surface area contributed by atoms with Crippen LogP contribution in [0.4, 0.5) is 0 Å². The molecule has 0 N–H and O–H groups in total. The van der Waals surface area contributed by atoms with Crippen LogP contribution >= 0.6 is 0 Å². The molecule has 20 heavy (non-hydrogen) atoms. The summed E-state index contributed by atoms with van der Waals surface area (Å²) in [6.45, 7) is 5.44. The molecule has 1 aliphatic rings. The molecule has 0 bridgehead atoms. The number of hydrogen-bond donors (Lipinski definition) is 0. The maximum absolute atomic E-state index is 12.4. The van der Waals surface area contributed by atoms with Crippen molar-refractivity contribution in [2.45, 2.75) is 38.5 Å². The minimum atomic E-state index is -0.664. The summed E-state index contributed by atoms with van der Waals surface area (Å²) >= 11 is 0. The van der Waals surface area contributed by atoms with Gasteiger partial charge in [0.05, 0.1) is 12.7 Å². The second kappa shape index (κ2) is 6.67. The third-order valence-electron chi connectivity index (χ3n) is 3.91. The summed E-state index contributed by atoms with van der Waals surface area (Å²) in [6, 6.07) is 9.99. The number of carbonyl (C=O) groups excluding carboxylic acids is 1. The van der Waals surface area contributed by atoms with Crippen molar-refractivity contribution in [1.82, 2.24) is 0 Å². The molecule has 1 aliphatic heterocycles. The fourth-order valence-electron chi connectivity index (χ4n) is 2.58. The molecule has 1 saturated heterocycles. The van der Waals surface area contributed by atoms with Crippen molar-refractivity contribution in [2.24, 2.45) is 5.92 Å². The van der Waals surface area contributed by atoms with Crippen molar-refractivity contribution in [3.05, 3.63) is 35.4 Å². The highest BCUT2D eigenvalue weighted by Crippen LogP contribution is 2.26. The van der Waals surface area contributed by atoms with Gasteiger partial charge in [0.25, 0.3) is 0 Å². The van der Waals surface area contributed by atoms with Gasteiger partial charge in [-0.3, -0.25) is 4.79 Å². The van der Waals surface area contributed by atoms with Crippen LogP contribution in [-0.4, -0.2) is 19.0 Å². The predicted octanol–water partition coefficient (Wildman–Crippen LogP) is 3.41. The van der Waals surface area contributed by atoms with E-state index >= 15 is 0 Å². The molecule has 1 fully saturated rings. The smallest absolute Gasteiger partial charge is 0.159 e. The van der Waals surface area contributed by atoms with Crippen LogP contribution in [0.5, 0.6) is 0 Å². The summed E-state index contributed by atoms with van der Waals surface area (Å²) in [6.07, 6.45) is 1.74. The van der Waals surface area contributed by atoms with Crippen molar-refractivity contribution in [3.63, 3.8) is 0 Å². The van der Waals surface area contributed by atoms with E-state index in [0.29, 0.717) is 12.5 Å². The minimum absolute atomic E-state index is 0.00416. The molecule has 0 amide bonds. The summed E-state index contributed by atoms with van der Waals surface area (Å²) in [4.78, 5) is 12.4. The Morgan fingerprint density at radius 3 is 2.45 bits per heavy atom. The van der Waals surface area contributed by atoms with Crippen LogP contribution in [-0.2, 0) is 9.53 Å². The molecule has 3 nitrogen and oxygen atoms in total. The third kappa shape index (κ3) is 3.26. The molecule has 0 saturated carbocycles. The van der Waals surface area contributed by atoms with E-state index in [1.54, 1.807) is 0 Å². The maximum atomic E-state index is 12.4. The van der Waals surface area contributed by atoms with Crippen LogP contribution < -0.4 is 0 Å². The molecule has 0 spiro atoms. The Balaban J connectivity index is 2.15. The Labute approximate surface area is 120 Å². The van der Waals surface area contributed by atoms with Crippen molar-refractivity contribution >= 4 is 5.78 Å². The lowest BCUT2D eigenvalue weighted by Gasteiger charge is -2.23. The van der Waals surface area contributed by atoms with Crippen LogP contribution in [0.15, 0.2) is 24.3 Å². The Kier molecular flexibility index (Phi) is 4.92. The van der Waals surface area contributed by atoms with Crippen molar-refractivity contribution in [3.8, 4) is 6.07 Å². The first-order chi connectivity index (χ1) is 9.63. The molecule has 3 heteroatoms. The Bertz CT molecular complexity index is 493. The van der Waals surface area contributed by atoms with Crippen LogP contribution in [0.3, 0.4) is 0 Å². The fourth-order valence-corrected chi connectivity index (χ4v) is 2.58. The molecule has 1 heterocycles. The maximum Gasteiger partial charge on any atom is 0.159 e. The summed E-state index contributed by atoms with van der Waals surface area (Å²) in [5.41, 5.74) is 2.02. The van der Waals surface area contributed by atoms with Gasteiger partial charge in [0.1, 0.15) is 5.92 Å². The highest BCUT2D eigenvalue weighted by Gasteiger charge is 2.29. The van der Waals surface area contributed by atoms with Gasteiger partial charge in [-0.1, -0.05) is 38.1 Å². The minimum Gasteiger partial charge on any atom is -0.381 e. The molecule has 1 aromatic rings. The van der Waals surface area contributed by atoms with Crippen LogP contribution in [0.2, 0.25) is 0 Å².